The largest absolute Gasteiger partial charge is 0.494 e. The minimum atomic E-state index is -0.129. The van der Waals surface area contributed by atoms with Gasteiger partial charge in [0, 0.05) is 22.5 Å². The molecule has 0 unspecified atom stereocenters. The predicted molar refractivity (Wildman–Crippen MR) is 162 cm³/mol. The summed E-state index contributed by atoms with van der Waals surface area (Å²) >= 11 is 6.28. The van der Waals surface area contributed by atoms with Crippen molar-refractivity contribution in [1.29, 1.82) is 0 Å². The molecule has 1 amide bonds. The van der Waals surface area contributed by atoms with Crippen molar-refractivity contribution in [3.8, 4) is 17.2 Å². The van der Waals surface area contributed by atoms with Crippen molar-refractivity contribution in [2.75, 3.05) is 6.61 Å². The number of para-hydroxylation sites is 1. The molecule has 0 saturated carbocycles. The van der Waals surface area contributed by atoms with Crippen molar-refractivity contribution in [1.82, 2.24) is 10.3 Å². The molecule has 0 aliphatic carbocycles. The molecule has 5 aromatic rings. The Morgan fingerprint density at radius 1 is 0.850 bits per heavy atom. The Hall–Kier alpha value is -4.22. The van der Waals surface area contributed by atoms with Gasteiger partial charge in [-0.3, -0.25) is 4.79 Å². The zero-order valence-electron chi connectivity index (χ0n) is 23.0. The summed E-state index contributed by atoms with van der Waals surface area (Å²) in [4.78, 5) is 16.6. The van der Waals surface area contributed by atoms with Crippen molar-refractivity contribution in [3.05, 3.63) is 123 Å². The zero-order chi connectivity index (χ0) is 28.1. The van der Waals surface area contributed by atoms with Gasteiger partial charge in [-0.1, -0.05) is 59.6 Å². The SMILES string of the molecule is Cc1ccc(Oc2ccc(CNC(=O)c3[nH]c4ccccc4c3CCCOc3cc(C)c(Cl)c(C)c3)cc2)cc1. The van der Waals surface area contributed by atoms with E-state index in [9.17, 15) is 4.79 Å². The average molecular weight is 553 g/mol. The van der Waals surface area contributed by atoms with Gasteiger partial charge in [-0.05, 0) is 98.3 Å². The molecule has 40 heavy (non-hydrogen) atoms. The van der Waals surface area contributed by atoms with Gasteiger partial charge in [0.15, 0.2) is 0 Å². The number of carbonyl (C=O) groups excluding carboxylic acids is 1. The summed E-state index contributed by atoms with van der Waals surface area (Å²) in [5.41, 5.74) is 6.73. The van der Waals surface area contributed by atoms with Crippen LogP contribution < -0.4 is 14.8 Å². The molecule has 0 atom stereocenters. The lowest BCUT2D eigenvalue weighted by Crippen LogP contribution is -2.24. The van der Waals surface area contributed by atoms with Crippen LogP contribution in [0.1, 0.15) is 44.7 Å². The van der Waals surface area contributed by atoms with E-state index in [1.165, 1.54) is 5.56 Å². The van der Waals surface area contributed by atoms with Crippen molar-refractivity contribution < 1.29 is 14.3 Å². The maximum atomic E-state index is 13.3. The van der Waals surface area contributed by atoms with Crippen LogP contribution in [0.4, 0.5) is 0 Å². The van der Waals surface area contributed by atoms with E-state index in [0.717, 1.165) is 61.8 Å². The number of carbonyl (C=O) groups is 1. The highest BCUT2D eigenvalue weighted by atomic mass is 35.5. The van der Waals surface area contributed by atoms with Crippen LogP contribution in [0.2, 0.25) is 5.02 Å². The number of amides is 1. The van der Waals surface area contributed by atoms with Gasteiger partial charge in [0.05, 0.1) is 6.61 Å². The Balaban J connectivity index is 1.21. The van der Waals surface area contributed by atoms with Gasteiger partial charge in [0.1, 0.15) is 22.9 Å². The number of hydrogen-bond acceptors (Lipinski definition) is 3. The Morgan fingerprint density at radius 3 is 2.20 bits per heavy atom. The fraction of sp³-hybridized carbons (Fsp3) is 0.206. The Labute approximate surface area is 240 Å². The number of aryl methyl sites for hydroxylation is 4. The molecule has 5 nitrogen and oxygen atoms in total. The van der Waals surface area contributed by atoms with E-state index in [4.69, 9.17) is 21.1 Å². The molecule has 2 N–H and O–H groups in total. The van der Waals surface area contributed by atoms with Crippen molar-refractivity contribution in [2.45, 2.75) is 40.2 Å². The lowest BCUT2D eigenvalue weighted by molar-refractivity contribution is 0.0945. The predicted octanol–water partition coefficient (Wildman–Crippen LogP) is 8.48. The number of halogens is 1. The summed E-state index contributed by atoms with van der Waals surface area (Å²) in [6, 6.07) is 27.6. The maximum Gasteiger partial charge on any atom is 0.268 e. The molecule has 0 saturated heterocycles. The van der Waals surface area contributed by atoms with Gasteiger partial charge in [0.25, 0.3) is 5.91 Å². The minimum Gasteiger partial charge on any atom is -0.494 e. The summed E-state index contributed by atoms with van der Waals surface area (Å²) in [6.07, 6.45) is 1.48. The highest BCUT2D eigenvalue weighted by Crippen LogP contribution is 2.27. The van der Waals surface area contributed by atoms with Crippen molar-refractivity contribution >= 4 is 28.4 Å². The summed E-state index contributed by atoms with van der Waals surface area (Å²) in [5, 5.41) is 4.90. The van der Waals surface area contributed by atoms with E-state index >= 15 is 0 Å². The molecule has 204 valence electrons. The number of rotatable bonds is 10. The topological polar surface area (TPSA) is 63.3 Å². The number of aromatic nitrogens is 1. The first kappa shape index (κ1) is 27.4. The fourth-order valence-electron chi connectivity index (χ4n) is 4.77. The van der Waals surface area contributed by atoms with E-state index in [2.05, 4.69) is 16.4 Å². The minimum absolute atomic E-state index is 0.129. The highest BCUT2D eigenvalue weighted by molar-refractivity contribution is 6.32. The number of ether oxygens (including phenoxy) is 2. The van der Waals surface area contributed by atoms with Crippen LogP contribution in [0.25, 0.3) is 10.9 Å². The summed E-state index contributed by atoms with van der Waals surface area (Å²) in [7, 11) is 0. The van der Waals surface area contributed by atoms with Crippen molar-refractivity contribution in [2.24, 2.45) is 0 Å². The van der Waals surface area contributed by atoms with E-state index < -0.39 is 0 Å². The molecule has 1 heterocycles. The van der Waals surface area contributed by atoms with Crippen LogP contribution in [0.15, 0.2) is 84.9 Å². The molecule has 0 aliphatic heterocycles. The van der Waals surface area contributed by atoms with Crippen LogP contribution in [-0.4, -0.2) is 17.5 Å². The van der Waals surface area contributed by atoms with E-state index in [0.29, 0.717) is 25.3 Å². The van der Waals surface area contributed by atoms with E-state index in [1.54, 1.807) is 0 Å². The first-order chi connectivity index (χ1) is 19.4. The normalized spacial score (nSPS) is 11.0. The smallest absolute Gasteiger partial charge is 0.268 e. The number of H-pyrrole nitrogens is 1. The van der Waals surface area contributed by atoms with Gasteiger partial charge >= 0.3 is 0 Å². The molecule has 6 heteroatoms. The maximum absolute atomic E-state index is 13.3. The Morgan fingerprint density at radius 2 is 1.50 bits per heavy atom. The van der Waals surface area contributed by atoms with E-state index in [1.807, 2.05) is 99.6 Å². The van der Waals surface area contributed by atoms with E-state index in [-0.39, 0.29) is 5.91 Å². The quantitative estimate of drug-likeness (QED) is 0.171. The lowest BCUT2D eigenvalue weighted by atomic mass is 10.0. The Kier molecular flexibility index (Phi) is 8.42. The molecule has 0 radical (unpaired) electrons. The number of fused-ring (bicyclic) bond motifs is 1. The van der Waals surface area contributed by atoms with Crippen LogP contribution in [0.5, 0.6) is 17.2 Å². The Bertz CT molecular complexity index is 1600. The standard InChI is InChI=1S/C34H33ClN2O3/c1-22-10-14-26(15-11-22)40-27-16-12-25(13-17-27)21-36-34(38)33-30(29-7-4-5-9-31(29)37-33)8-6-18-39-28-19-23(2)32(35)24(3)20-28/h4-5,7,9-17,19-20,37H,6,8,18,21H2,1-3H3,(H,36,38). The second kappa shape index (κ2) is 12.3. The second-order valence-corrected chi connectivity index (χ2v) is 10.5. The van der Waals surface area contributed by atoms with Crippen LogP contribution in [0, 0.1) is 20.8 Å². The third kappa shape index (κ3) is 6.49. The monoisotopic (exact) mass is 552 g/mol. The molecule has 5 rings (SSSR count). The molecule has 0 fully saturated rings. The molecule has 0 bridgehead atoms. The van der Waals surface area contributed by atoms with Gasteiger partial charge in [-0.2, -0.15) is 0 Å². The molecule has 0 aliphatic rings. The summed E-state index contributed by atoms with van der Waals surface area (Å²) < 4.78 is 11.9. The third-order valence-electron chi connectivity index (χ3n) is 6.92. The van der Waals surface area contributed by atoms with Gasteiger partial charge in [-0.15, -0.1) is 0 Å². The van der Waals surface area contributed by atoms with Gasteiger partial charge in [0.2, 0.25) is 0 Å². The fourth-order valence-corrected chi connectivity index (χ4v) is 4.88. The highest BCUT2D eigenvalue weighted by Gasteiger charge is 2.17. The van der Waals surface area contributed by atoms with Crippen LogP contribution >= 0.6 is 11.6 Å². The molecular formula is C34H33ClN2O3. The molecule has 0 spiro atoms. The van der Waals surface area contributed by atoms with Crippen molar-refractivity contribution in [3.63, 3.8) is 0 Å². The third-order valence-corrected chi connectivity index (χ3v) is 7.52. The molecule has 4 aromatic carbocycles. The molecule has 1 aromatic heterocycles. The number of aromatic amines is 1. The second-order valence-electron chi connectivity index (χ2n) is 10.1. The summed E-state index contributed by atoms with van der Waals surface area (Å²) in [6.45, 7) is 6.96. The average Bonchev–Trinajstić information content (AvgIpc) is 3.33. The van der Waals surface area contributed by atoms with Crippen LogP contribution in [0.3, 0.4) is 0 Å². The van der Waals surface area contributed by atoms with Gasteiger partial charge in [-0.25, -0.2) is 0 Å². The lowest BCUT2D eigenvalue weighted by Gasteiger charge is -2.11. The number of nitrogens with one attached hydrogen (secondary N) is 2. The number of benzene rings is 4. The number of hydrogen-bond donors (Lipinski definition) is 2. The van der Waals surface area contributed by atoms with Crippen LogP contribution in [-0.2, 0) is 13.0 Å². The first-order valence-corrected chi connectivity index (χ1v) is 13.9. The zero-order valence-corrected chi connectivity index (χ0v) is 23.8. The first-order valence-electron chi connectivity index (χ1n) is 13.5. The summed E-state index contributed by atoms with van der Waals surface area (Å²) in [5.74, 6) is 2.23. The molecular weight excluding hydrogens is 520 g/mol. The van der Waals surface area contributed by atoms with Gasteiger partial charge < -0.3 is 19.8 Å².